The van der Waals surface area contributed by atoms with E-state index in [4.69, 9.17) is 4.98 Å². The fourth-order valence-corrected chi connectivity index (χ4v) is 4.31. The van der Waals surface area contributed by atoms with E-state index in [-0.39, 0.29) is 17.1 Å². The molecule has 0 fully saturated rings. The van der Waals surface area contributed by atoms with Gasteiger partial charge in [0.15, 0.2) is 5.82 Å². The molecule has 8 nitrogen and oxygen atoms in total. The molecule has 0 spiro atoms. The van der Waals surface area contributed by atoms with Crippen molar-refractivity contribution in [1.82, 2.24) is 30.1 Å². The summed E-state index contributed by atoms with van der Waals surface area (Å²) in [5.74, 6) is -0.670. The highest BCUT2D eigenvalue weighted by Gasteiger charge is 2.23. The van der Waals surface area contributed by atoms with Crippen LogP contribution < -0.4 is 5.32 Å². The average molecular weight is 524 g/mol. The molecule has 3 N–H and O–H groups in total. The van der Waals surface area contributed by atoms with Crippen LogP contribution in [0, 0.1) is 17.0 Å². The van der Waals surface area contributed by atoms with Gasteiger partial charge in [0.05, 0.1) is 34.0 Å². The molecule has 0 atom stereocenters. The van der Waals surface area contributed by atoms with Gasteiger partial charge in [0, 0.05) is 34.5 Å². The van der Waals surface area contributed by atoms with Crippen molar-refractivity contribution in [3.8, 4) is 33.9 Å². The molecule has 10 heteroatoms. The third-order valence-corrected chi connectivity index (χ3v) is 6.40. The summed E-state index contributed by atoms with van der Waals surface area (Å²) in [6, 6.07) is 12.8. The lowest BCUT2D eigenvalue weighted by molar-refractivity contribution is -0.123. The topological polar surface area (TPSA) is 112 Å². The quantitative estimate of drug-likeness (QED) is 0.244. The number of fused-ring (bicyclic) bond motifs is 2. The summed E-state index contributed by atoms with van der Waals surface area (Å²) in [6.45, 7) is 5.43. The minimum atomic E-state index is -0.593. The summed E-state index contributed by atoms with van der Waals surface area (Å²) in [5, 5.41) is 10.3. The highest BCUT2D eigenvalue weighted by molar-refractivity contribution is 5.99. The largest absolute Gasteiger partial charge is 0.336 e. The Morgan fingerprint density at radius 2 is 1.72 bits per heavy atom. The highest BCUT2D eigenvalue weighted by Crippen LogP contribution is 2.35. The molecule has 0 unspecified atom stereocenters. The maximum Gasteiger partial charge on any atom is 0.229 e. The van der Waals surface area contributed by atoms with Gasteiger partial charge in [-0.05, 0) is 48.5 Å². The van der Waals surface area contributed by atoms with Gasteiger partial charge in [-0.3, -0.25) is 19.9 Å². The van der Waals surface area contributed by atoms with Crippen molar-refractivity contribution < 1.29 is 13.6 Å². The van der Waals surface area contributed by atoms with Crippen molar-refractivity contribution in [2.75, 3.05) is 5.32 Å². The summed E-state index contributed by atoms with van der Waals surface area (Å²) in [7, 11) is 0. The van der Waals surface area contributed by atoms with Crippen molar-refractivity contribution in [2.24, 2.45) is 5.41 Å². The molecule has 2 aromatic carbocycles. The van der Waals surface area contributed by atoms with Gasteiger partial charge >= 0.3 is 0 Å². The van der Waals surface area contributed by atoms with E-state index in [0.717, 1.165) is 0 Å². The number of hydrogen-bond acceptors (Lipinski definition) is 5. The Morgan fingerprint density at radius 3 is 2.49 bits per heavy atom. The first kappa shape index (κ1) is 24.4. The number of nitrogens with zero attached hydrogens (tertiary/aromatic N) is 4. The van der Waals surface area contributed by atoms with E-state index in [1.807, 2.05) is 20.8 Å². The summed E-state index contributed by atoms with van der Waals surface area (Å²) in [5.41, 5.74) is 3.97. The molecule has 0 aliphatic heterocycles. The van der Waals surface area contributed by atoms with Gasteiger partial charge in [0.25, 0.3) is 0 Å². The Kier molecular flexibility index (Phi) is 5.67. The number of anilines is 1. The summed E-state index contributed by atoms with van der Waals surface area (Å²) in [6.07, 6.45) is 4.69. The van der Waals surface area contributed by atoms with Crippen LogP contribution in [0.4, 0.5) is 14.5 Å². The number of halogens is 2. The number of carbonyl (C=O) groups excluding carboxylic acids is 1. The molecule has 0 aliphatic carbocycles. The third kappa shape index (κ3) is 4.39. The predicted octanol–water partition coefficient (Wildman–Crippen LogP) is 6.49. The lowest BCUT2D eigenvalue weighted by Crippen LogP contribution is -2.27. The standard InChI is InChI=1S/C29H23F2N7O/c1-29(2,3)28(39)34-18-12-16(13-32-14-18)19-8-9-20-22(23(19)31)26(38-37-20)27-35-21-10-11-33-24(25(21)36-27)15-4-6-17(30)7-5-15/h4-14H,1-3H3,(H,34,39)(H,35,36)(H,37,38). The Balaban J connectivity index is 1.43. The lowest BCUT2D eigenvalue weighted by Gasteiger charge is -2.17. The second-order valence-electron chi connectivity index (χ2n) is 10.2. The first-order valence-electron chi connectivity index (χ1n) is 12.2. The zero-order valence-electron chi connectivity index (χ0n) is 21.3. The zero-order chi connectivity index (χ0) is 27.3. The second-order valence-corrected chi connectivity index (χ2v) is 10.2. The molecule has 0 bridgehead atoms. The maximum atomic E-state index is 16.1. The van der Waals surface area contributed by atoms with Gasteiger partial charge in [-0.1, -0.05) is 20.8 Å². The molecule has 0 radical (unpaired) electrons. The summed E-state index contributed by atoms with van der Waals surface area (Å²) in [4.78, 5) is 29.0. The molecule has 0 saturated heterocycles. The van der Waals surface area contributed by atoms with Crippen LogP contribution in [0.5, 0.6) is 0 Å². The Hall–Kier alpha value is -4.99. The fourth-order valence-electron chi connectivity index (χ4n) is 4.31. The molecular formula is C29H23F2N7O. The van der Waals surface area contributed by atoms with E-state index in [0.29, 0.717) is 56.1 Å². The maximum absolute atomic E-state index is 16.1. The van der Waals surface area contributed by atoms with Gasteiger partial charge < -0.3 is 10.3 Å². The Bertz CT molecular complexity index is 1870. The summed E-state index contributed by atoms with van der Waals surface area (Å²) >= 11 is 0. The second kappa shape index (κ2) is 9.09. The number of hydrogen-bond donors (Lipinski definition) is 3. The minimum absolute atomic E-state index is 0.172. The number of aromatic nitrogens is 6. The van der Waals surface area contributed by atoms with Crippen molar-refractivity contribution in [3.63, 3.8) is 0 Å². The molecule has 4 aromatic heterocycles. The predicted molar refractivity (Wildman–Crippen MR) is 146 cm³/mol. The van der Waals surface area contributed by atoms with E-state index in [1.165, 1.54) is 18.3 Å². The summed E-state index contributed by atoms with van der Waals surface area (Å²) < 4.78 is 29.6. The highest BCUT2D eigenvalue weighted by atomic mass is 19.1. The first-order chi connectivity index (χ1) is 18.7. The van der Waals surface area contributed by atoms with Crippen LogP contribution in [0.1, 0.15) is 20.8 Å². The number of rotatable bonds is 4. The molecular weight excluding hydrogens is 500 g/mol. The van der Waals surface area contributed by atoms with Gasteiger partial charge in [0.1, 0.15) is 22.8 Å². The van der Waals surface area contributed by atoms with Crippen LogP contribution in [-0.4, -0.2) is 36.0 Å². The van der Waals surface area contributed by atoms with Gasteiger partial charge in [0.2, 0.25) is 5.91 Å². The normalized spacial score (nSPS) is 11.8. The van der Waals surface area contributed by atoms with Gasteiger partial charge in [-0.2, -0.15) is 5.10 Å². The molecule has 6 aromatic rings. The lowest BCUT2D eigenvalue weighted by atomic mass is 9.95. The SMILES string of the molecule is CC(C)(C)C(=O)Nc1cncc(-c2ccc3[nH]nc(-c4nc5c(-c6ccc(F)cc6)nccc5[nH]4)c3c2F)c1. The molecule has 0 saturated carbocycles. The van der Waals surface area contributed by atoms with E-state index in [1.54, 1.807) is 48.8 Å². The van der Waals surface area contributed by atoms with Crippen LogP contribution in [-0.2, 0) is 4.79 Å². The van der Waals surface area contributed by atoms with Crippen LogP contribution in [0.2, 0.25) is 0 Å². The smallest absolute Gasteiger partial charge is 0.229 e. The van der Waals surface area contributed by atoms with Crippen LogP contribution in [0.3, 0.4) is 0 Å². The first-order valence-corrected chi connectivity index (χ1v) is 12.2. The van der Waals surface area contributed by atoms with Crippen molar-refractivity contribution in [1.29, 1.82) is 0 Å². The molecule has 1 amide bonds. The van der Waals surface area contributed by atoms with E-state index < -0.39 is 11.2 Å². The number of aromatic amines is 2. The van der Waals surface area contributed by atoms with Crippen molar-refractivity contribution >= 4 is 33.5 Å². The number of imidazole rings is 1. The number of pyridine rings is 2. The molecule has 4 heterocycles. The van der Waals surface area contributed by atoms with Crippen molar-refractivity contribution in [2.45, 2.75) is 20.8 Å². The number of nitrogens with one attached hydrogen (secondary N) is 3. The van der Waals surface area contributed by atoms with E-state index in [2.05, 4.69) is 30.5 Å². The Labute approximate surface area is 221 Å². The third-order valence-electron chi connectivity index (χ3n) is 6.40. The van der Waals surface area contributed by atoms with E-state index in [9.17, 15) is 9.18 Å². The monoisotopic (exact) mass is 523 g/mol. The van der Waals surface area contributed by atoms with Gasteiger partial charge in [-0.15, -0.1) is 0 Å². The average Bonchev–Trinajstić information content (AvgIpc) is 3.54. The molecule has 6 rings (SSSR count). The number of benzene rings is 2. The van der Waals surface area contributed by atoms with Crippen LogP contribution in [0.25, 0.3) is 55.8 Å². The molecule has 39 heavy (non-hydrogen) atoms. The van der Waals surface area contributed by atoms with Gasteiger partial charge in [-0.25, -0.2) is 13.8 Å². The van der Waals surface area contributed by atoms with E-state index >= 15 is 4.39 Å². The Morgan fingerprint density at radius 1 is 0.923 bits per heavy atom. The minimum Gasteiger partial charge on any atom is -0.336 e. The van der Waals surface area contributed by atoms with Crippen LogP contribution in [0.15, 0.2) is 67.1 Å². The van der Waals surface area contributed by atoms with Crippen molar-refractivity contribution in [3.05, 3.63) is 78.8 Å². The molecule has 194 valence electrons. The molecule has 0 aliphatic rings. The number of amides is 1. The fraction of sp³-hybridized carbons (Fsp3) is 0.138. The number of H-pyrrole nitrogens is 2. The number of carbonyl (C=O) groups is 1. The zero-order valence-corrected chi connectivity index (χ0v) is 21.3. The van der Waals surface area contributed by atoms with Crippen LogP contribution >= 0.6 is 0 Å².